The van der Waals surface area contributed by atoms with Crippen molar-refractivity contribution in [1.82, 2.24) is 19.8 Å². The third-order valence-corrected chi connectivity index (χ3v) is 7.29. The number of hydrogen-bond acceptors (Lipinski definition) is 8. The number of carbonyl (C=O) groups excluding carboxylic acids is 1. The molecule has 41 heavy (non-hydrogen) atoms. The van der Waals surface area contributed by atoms with Crippen LogP contribution in [0.5, 0.6) is 17.4 Å². The summed E-state index contributed by atoms with van der Waals surface area (Å²) >= 11 is 1.38. The van der Waals surface area contributed by atoms with Gasteiger partial charge in [-0.2, -0.15) is 4.98 Å². The van der Waals surface area contributed by atoms with Crippen LogP contribution in [0.15, 0.2) is 53.9 Å². The minimum atomic E-state index is -0.808. The predicted molar refractivity (Wildman–Crippen MR) is 154 cm³/mol. The highest BCUT2D eigenvalue weighted by Gasteiger charge is 2.24. The van der Waals surface area contributed by atoms with E-state index in [-0.39, 0.29) is 17.7 Å². The van der Waals surface area contributed by atoms with Gasteiger partial charge in [0.05, 0.1) is 5.52 Å². The third-order valence-electron chi connectivity index (χ3n) is 6.40. The molecule has 1 aliphatic rings. The van der Waals surface area contributed by atoms with E-state index in [1.54, 1.807) is 4.90 Å². The first-order valence-electron chi connectivity index (χ1n) is 13.5. The molecule has 1 fully saturated rings. The van der Waals surface area contributed by atoms with Crippen LogP contribution in [0.3, 0.4) is 0 Å². The summed E-state index contributed by atoms with van der Waals surface area (Å²) in [5.74, 6) is -0.278. The van der Waals surface area contributed by atoms with E-state index in [1.165, 1.54) is 17.4 Å². The van der Waals surface area contributed by atoms with Crippen LogP contribution in [-0.4, -0.2) is 70.8 Å². The zero-order valence-corrected chi connectivity index (χ0v) is 24.0. The normalized spacial score (nSPS) is 14.6. The molecule has 0 saturated carbocycles. The van der Waals surface area contributed by atoms with Crippen molar-refractivity contribution in [3.8, 4) is 28.8 Å². The second-order valence-corrected chi connectivity index (χ2v) is 11.6. The first-order valence-corrected chi connectivity index (χ1v) is 14.3. The largest absolute Gasteiger partial charge is 0.492 e. The van der Waals surface area contributed by atoms with Gasteiger partial charge in [0.25, 0.3) is 0 Å². The van der Waals surface area contributed by atoms with Gasteiger partial charge < -0.3 is 19.1 Å². The second-order valence-electron chi connectivity index (χ2n) is 10.7. The fourth-order valence-corrected chi connectivity index (χ4v) is 5.15. The van der Waals surface area contributed by atoms with Crippen molar-refractivity contribution in [3.05, 3.63) is 65.5 Å². The smallest absolute Gasteiger partial charge is 0.410 e. The maximum Gasteiger partial charge on any atom is 0.410 e. The van der Waals surface area contributed by atoms with Crippen molar-refractivity contribution < 1.29 is 27.8 Å². The number of ether oxygens (including phenoxy) is 3. The van der Waals surface area contributed by atoms with Crippen molar-refractivity contribution in [3.63, 3.8) is 0 Å². The van der Waals surface area contributed by atoms with Crippen LogP contribution < -0.4 is 9.47 Å². The van der Waals surface area contributed by atoms with Gasteiger partial charge in [-0.1, -0.05) is 0 Å². The number of nitrogens with zero attached hydrogens (tertiary/aromatic N) is 4. The fraction of sp³-hybridized carbons (Fsp3) is 0.367. The molecule has 0 bridgehead atoms. The van der Waals surface area contributed by atoms with Crippen molar-refractivity contribution in [2.24, 2.45) is 0 Å². The minimum absolute atomic E-state index is 0.114. The summed E-state index contributed by atoms with van der Waals surface area (Å²) in [5, 5.41) is 1.85. The van der Waals surface area contributed by atoms with Gasteiger partial charge in [-0.15, -0.1) is 11.3 Å². The maximum atomic E-state index is 14.2. The first-order chi connectivity index (χ1) is 19.6. The number of thiophene rings is 1. The summed E-state index contributed by atoms with van der Waals surface area (Å²) in [6.07, 6.45) is 0.612. The molecule has 11 heteroatoms. The van der Waals surface area contributed by atoms with Gasteiger partial charge in [0.1, 0.15) is 28.5 Å². The number of fused-ring (bicyclic) bond motifs is 1. The van der Waals surface area contributed by atoms with E-state index in [1.807, 2.05) is 56.5 Å². The average molecular weight is 583 g/mol. The Morgan fingerprint density at radius 1 is 1.00 bits per heavy atom. The molecule has 0 spiro atoms. The number of carbonyl (C=O) groups is 1. The zero-order valence-electron chi connectivity index (χ0n) is 23.2. The lowest BCUT2D eigenvalue weighted by Gasteiger charge is -2.26. The number of hydrogen-bond donors (Lipinski definition) is 0. The second kappa shape index (κ2) is 12.4. The molecule has 0 N–H and O–H groups in total. The van der Waals surface area contributed by atoms with Crippen LogP contribution in [0.4, 0.5) is 13.6 Å². The summed E-state index contributed by atoms with van der Waals surface area (Å²) < 4.78 is 45.5. The molecule has 4 aromatic rings. The molecule has 2 aromatic carbocycles. The van der Waals surface area contributed by atoms with Gasteiger partial charge in [0, 0.05) is 44.4 Å². The Morgan fingerprint density at radius 2 is 1.80 bits per heavy atom. The molecule has 3 heterocycles. The summed E-state index contributed by atoms with van der Waals surface area (Å²) in [5.41, 5.74) is 0.902. The van der Waals surface area contributed by atoms with Crippen LogP contribution >= 0.6 is 11.3 Å². The Hall–Kier alpha value is -3.83. The van der Waals surface area contributed by atoms with E-state index in [0.29, 0.717) is 41.5 Å². The highest BCUT2D eigenvalue weighted by molar-refractivity contribution is 7.17. The molecule has 1 amide bonds. The summed E-state index contributed by atoms with van der Waals surface area (Å²) in [7, 11) is 0. The Labute approximate surface area is 241 Å². The van der Waals surface area contributed by atoms with Gasteiger partial charge in [-0.25, -0.2) is 18.6 Å². The van der Waals surface area contributed by atoms with Gasteiger partial charge >= 0.3 is 6.09 Å². The van der Waals surface area contributed by atoms with Crippen LogP contribution in [0.25, 0.3) is 21.6 Å². The van der Waals surface area contributed by atoms with E-state index in [4.69, 9.17) is 14.2 Å². The summed E-state index contributed by atoms with van der Waals surface area (Å²) in [6.45, 7) is 9.81. The number of benzene rings is 2. The monoisotopic (exact) mass is 582 g/mol. The van der Waals surface area contributed by atoms with Crippen molar-refractivity contribution in [2.75, 3.05) is 39.3 Å². The molecule has 0 atom stereocenters. The predicted octanol–water partition coefficient (Wildman–Crippen LogP) is 6.75. The van der Waals surface area contributed by atoms with E-state index in [0.717, 1.165) is 43.8 Å². The van der Waals surface area contributed by atoms with Crippen molar-refractivity contribution >= 4 is 27.6 Å². The van der Waals surface area contributed by atoms with Crippen molar-refractivity contribution in [2.45, 2.75) is 32.8 Å². The molecule has 0 unspecified atom stereocenters. The van der Waals surface area contributed by atoms with E-state index < -0.39 is 17.2 Å². The van der Waals surface area contributed by atoms with Gasteiger partial charge in [-0.3, -0.25) is 4.90 Å². The van der Waals surface area contributed by atoms with Gasteiger partial charge in [0.2, 0.25) is 5.88 Å². The molecular formula is C30H32F2N4O4S. The number of halogens is 2. The highest BCUT2D eigenvalue weighted by atomic mass is 32.1. The lowest BCUT2D eigenvalue weighted by atomic mass is 10.2. The molecule has 8 nitrogen and oxygen atoms in total. The van der Waals surface area contributed by atoms with Crippen LogP contribution in [0, 0.1) is 11.6 Å². The lowest BCUT2D eigenvalue weighted by Crippen LogP contribution is -2.39. The van der Waals surface area contributed by atoms with E-state index >= 15 is 0 Å². The van der Waals surface area contributed by atoms with Crippen LogP contribution in [0.2, 0.25) is 0 Å². The Morgan fingerprint density at radius 3 is 2.56 bits per heavy atom. The van der Waals surface area contributed by atoms with Crippen molar-refractivity contribution in [1.29, 1.82) is 0 Å². The highest BCUT2D eigenvalue weighted by Crippen LogP contribution is 2.34. The standard InChI is InChI=1S/C30H32F2N4O4S/c1-30(2,3)40-29(37)36-13-4-12-35(14-15-36)16-17-38-22-8-5-20(6-9-22)27-33-24-11-18-41-26(24)28(34-27)39-25-10-7-21(31)19-23(25)32/h5-11,18-19H,4,12-17H2,1-3H3. The maximum absolute atomic E-state index is 14.2. The summed E-state index contributed by atoms with van der Waals surface area (Å²) in [4.78, 5) is 25.6. The molecule has 1 saturated heterocycles. The molecule has 0 radical (unpaired) electrons. The fourth-order valence-electron chi connectivity index (χ4n) is 4.39. The molecule has 216 valence electrons. The Balaban J connectivity index is 1.18. The lowest BCUT2D eigenvalue weighted by molar-refractivity contribution is 0.0257. The Bertz CT molecular complexity index is 1510. The van der Waals surface area contributed by atoms with E-state index in [9.17, 15) is 13.6 Å². The zero-order chi connectivity index (χ0) is 29.0. The van der Waals surface area contributed by atoms with E-state index in [2.05, 4.69) is 14.9 Å². The SMILES string of the molecule is CC(C)(C)OC(=O)N1CCCN(CCOc2ccc(-c3nc(Oc4ccc(F)cc4F)c4sccc4n3)cc2)CC1. The number of aromatic nitrogens is 2. The van der Waals surface area contributed by atoms with Crippen LogP contribution in [-0.2, 0) is 4.74 Å². The topological polar surface area (TPSA) is 77.0 Å². The van der Waals surface area contributed by atoms with Crippen LogP contribution in [0.1, 0.15) is 27.2 Å². The van der Waals surface area contributed by atoms with Gasteiger partial charge in [0.15, 0.2) is 17.4 Å². The third kappa shape index (κ3) is 7.47. The minimum Gasteiger partial charge on any atom is -0.492 e. The first kappa shape index (κ1) is 28.7. The number of amides is 1. The molecule has 1 aliphatic heterocycles. The Kier molecular flexibility index (Phi) is 8.65. The molecule has 0 aliphatic carbocycles. The molecule has 5 rings (SSSR count). The average Bonchev–Trinajstić information content (AvgIpc) is 3.27. The number of rotatable bonds is 7. The molecule has 2 aromatic heterocycles. The quantitative estimate of drug-likeness (QED) is 0.239. The summed E-state index contributed by atoms with van der Waals surface area (Å²) in [6, 6.07) is 12.4. The molecular weight excluding hydrogens is 550 g/mol. The van der Waals surface area contributed by atoms with Gasteiger partial charge in [-0.05, 0) is 75.0 Å².